The fourth-order valence-corrected chi connectivity index (χ4v) is 4.41. The van der Waals surface area contributed by atoms with Gasteiger partial charge in [0.15, 0.2) is 0 Å². The van der Waals surface area contributed by atoms with Gasteiger partial charge in [-0.15, -0.1) is 0 Å². The maximum absolute atomic E-state index is 15.4. The fourth-order valence-electron chi connectivity index (χ4n) is 4.41. The second-order valence-corrected chi connectivity index (χ2v) is 8.01. The fraction of sp³-hybridized carbons (Fsp3) is 0.348. The Kier molecular flexibility index (Phi) is 3.97. The molecule has 0 spiro atoms. The van der Waals surface area contributed by atoms with Crippen LogP contribution in [-0.4, -0.2) is 57.1 Å². The first kappa shape index (κ1) is 17.3. The van der Waals surface area contributed by atoms with Crippen molar-refractivity contribution < 1.29 is 17.6 Å². The third-order valence-electron chi connectivity index (χ3n) is 6.07. The molecule has 1 atom stereocenters. The van der Waals surface area contributed by atoms with Crippen LogP contribution >= 0.6 is 0 Å². The molecule has 1 aliphatic heterocycles. The number of hydrogen-bond donors (Lipinski definition) is 0. The summed E-state index contributed by atoms with van der Waals surface area (Å²) >= 11 is 0. The summed E-state index contributed by atoms with van der Waals surface area (Å²) in [5.74, 6) is -2.97. The van der Waals surface area contributed by atoms with E-state index >= 15 is 8.78 Å². The van der Waals surface area contributed by atoms with E-state index < -0.39 is 31.2 Å². The first-order valence-electron chi connectivity index (χ1n) is 11.6. The Morgan fingerprint density at radius 3 is 2.69 bits per heavy atom. The molecule has 7 nitrogen and oxygen atoms in total. The Hall–Kier alpha value is -3.33. The van der Waals surface area contributed by atoms with Gasteiger partial charge in [0.05, 0.1) is 36.4 Å². The number of halogens is 2. The lowest BCUT2D eigenvalue weighted by Crippen LogP contribution is -2.49. The number of pyridine rings is 2. The predicted molar refractivity (Wildman–Crippen MR) is 118 cm³/mol. The van der Waals surface area contributed by atoms with Crippen LogP contribution in [0.5, 0.6) is 5.88 Å². The molecule has 1 aromatic carbocycles. The summed E-state index contributed by atoms with van der Waals surface area (Å²) in [5, 5.41) is 0.544. The molecule has 4 aromatic rings. The quantitative estimate of drug-likeness (QED) is 0.486. The SMILES string of the molecule is [2H]C([2H])([2H])N1CC[C@@H](n2c(=O)n(C)c3cnc4ccc(-c5ccc(OC)nc5)cc4c32)C(F)(F)C1. The summed E-state index contributed by atoms with van der Waals surface area (Å²) < 4.78 is 60.8. The summed E-state index contributed by atoms with van der Waals surface area (Å²) in [5.41, 5.74) is 2.27. The van der Waals surface area contributed by atoms with E-state index in [0.29, 0.717) is 27.8 Å². The van der Waals surface area contributed by atoms with Crippen molar-refractivity contribution in [2.24, 2.45) is 7.05 Å². The number of fused-ring (bicyclic) bond motifs is 3. The Labute approximate surface area is 187 Å². The van der Waals surface area contributed by atoms with Gasteiger partial charge in [0.1, 0.15) is 6.04 Å². The van der Waals surface area contributed by atoms with E-state index in [2.05, 4.69) is 9.97 Å². The average molecular weight is 442 g/mol. The number of hydrogen-bond acceptors (Lipinski definition) is 5. The van der Waals surface area contributed by atoms with Gasteiger partial charge in [-0.2, -0.15) is 0 Å². The number of nitrogens with zero attached hydrogens (tertiary/aromatic N) is 5. The zero-order valence-corrected chi connectivity index (χ0v) is 17.5. The topological polar surface area (TPSA) is 65.2 Å². The highest BCUT2D eigenvalue weighted by Crippen LogP contribution is 2.39. The van der Waals surface area contributed by atoms with Gasteiger partial charge < -0.3 is 9.64 Å². The van der Waals surface area contributed by atoms with Crippen molar-refractivity contribution >= 4 is 21.9 Å². The number of imidazole rings is 1. The molecule has 32 heavy (non-hydrogen) atoms. The molecule has 4 heterocycles. The van der Waals surface area contributed by atoms with Crippen molar-refractivity contribution in [1.82, 2.24) is 24.0 Å². The van der Waals surface area contributed by atoms with Gasteiger partial charge in [-0.3, -0.25) is 14.1 Å². The second kappa shape index (κ2) is 7.37. The number of alkyl halides is 2. The number of likely N-dealkylation sites (tertiary alicyclic amines) is 1. The first-order chi connectivity index (χ1) is 16.5. The number of rotatable bonds is 3. The minimum atomic E-state index is -3.43. The third kappa shape index (κ3) is 3.15. The maximum Gasteiger partial charge on any atom is 0.329 e. The summed E-state index contributed by atoms with van der Waals surface area (Å²) in [6, 6.07) is 7.48. The molecule has 166 valence electrons. The highest BCUT2D eigenvalue weighted by molar-refractivity contribution is 6.04. The molecular formula is C23H23F2N5O2. The molecule has 9 heteroatoms. The van der Waals surface area contributed by atoms with Gasteiger partial charge in [-0.1, -0.05) is 6.07 Å². The van der Waals surface area contributed by atoms with Crippen LogP contribution in [0.15, 0.2) is 47.5 Å². The molecule has 0 amide bonds. The Morgan fingerprint density at radius 1 is 1.19 bits per heavy atom. The third-order valence-corrected chi connectivity index (χ3v) is 6.07. The van der Waals surface area contributed by atoms with Crippen LogP contribution in [0.1, 0.15) is 16.6 Å². The molecule has 3 aromatic heterocycles. The molecule has 0 N–H and O–H groups in total. The maximum atomic E-state index is 15.4. The molecule has 1 saturated heterocycles. The summed E-state index contributed by atoms with van der Waals surface area (Å²) in [4.78, 5) is 22.7. The number of aromatic nitrogens is 4. The standard InChI is InChI=1S/C23H23F2N5O2/c1-28-9-8-19(23(24,25)13-28)30-21-16-10-14(15-5-7-20(32-3)27-11-15)4-6-17(16)26-12-18(21)29(2)22(30)31/h4-7,10-12,19H,8-9,13H2,1-3H3/t19-/m1/s1/i1D3. The van der Waals surface area contributed by atoms with E-state index in [1.807, 2.05) is 12.1 Å². The highest BCUT2D eigenvalue weighted by Gasteiger charge is 2.46. The predicted octanol–water partition coefficient (Wildman–Crippen LogP) is 3.47. The lowest BCUT2D eigenvalue weighted by molar-refractivity contribution is -0.0977. The van der Waals surface area contributed by atoms with Crippen molar-refractivity contribution in [3.63, 3.8) is 0 Å². The van der Waals surface area contributed by atoms with Gasteiger partial charge in [-0.05, 0) is 37.2 Å². The van der Waals surface area contributed by atoms with Gasteiger partial charge in [0.2, 0.25) is 5.88 Å². The summed E-state index contributed by atoms with van der Waals surface area (Å²) in [6.45, 7) is -3.66. The summed E-state index contributed by atoms with van der Waals surface area (Å²) in [7, 11) is 3.04. The van der Waals surface area contributed by atoms with E-state index in [-0.39, 0.29) is 13.0 Å². The van der Waals surface area contributed by atoms with Gasteiger partial charge in [0, 0.05) is 40.9 Å². The highest BCUT2D eigenvalue weighted by atomic mass is 19.3. The molecule has 0 radical (unpaired) electrons. The second-order valence-electron chi connectivity index (χ2n) is 8.01. The van der Waals surface area contributed by atoms with Gasteiger partial charge >= 0.3 is 5.69 Å². The number of benzene rings is 1. The van der Waals surface area contributed by atoms with E-state index in [0.717, 1.165) is 20.6 Å². The number of ether oxygens (including phenoxy) is 1. The van der Waals surface area contributed by atoms with E-state index in [1.165, 1.54) is 24.9 Å². The van der Waals surface area contributed by atoms with Gasteiger partial charge in [0.25, 0.3) is 5.92 Å². The molecule has 1 aliphatic rings. The monoisotopic (exact) mass is 442 g/mol. The minimum absolute atomic E-state index is 0.0780. The number of piperidine rings is 1. The smallest absolute Gasteiger partial charge is 0.329 e. The van der Waals surface area contributed by atoms with Crippen LogP contribution in [0.3, 0.4) is 0 Å². The van der Waals surface area contributed by atoms with E-state index in [4.69, 9.17) is 8.85 Å². The molecular weight excluding hydrogens is 416 g/mol. The average Bonchev–Trinajstić information content (AvgIpc) is 3.08. The Morgan fingerprint density at radius 2 is 2.00 bits per heavy atom. The molecule has 5 rings (SSSR count). The zero-order valence-electron chi connectivity index (χ0n) is 20.5. The number of aryl methyl sites for hydroxylation is 1. The Bertz CT molecular complexity index is 1480. The van der Waals surface area contributed by atoms with Crippen LogP contribution in [0, 0.1) is 0 Å². The van der Waals surface area contributed by atoms with Crippen LogP contribution in [0.25, 0.3) is 33.1 Å². The van der Waals surface area contributed by atoms with Crippen molar-refractivity contribution in [3.05, 3.63) is 53.2 Å². The zero-order chi connectivity index (χ0) is 25.1. The van der Waals surface area contributed by atoms with Crippen molar-refractivity contribution in [2.75, 3.05) is 27.2 Å². The van der Waals surface area contributed by atoms with E-state index in [1.54, 1.807) is 24.4 Å². The largest absolute Gasteiger partial charge is 0.481 e. The van der Waals surface area contributed by atoms with Crippen molar-refractivity contribution in [2.45, 2.75) is 18.4 Å². The molecule has 1 fully saturated rings. The van der Waals surface area contributed by atoms with Crippen LogP contribution in [0.4, 0.5) is 8.78 Å². The van der Waals surface area contributed by atoms with Crippen LogP contribution < -0.4 is 10.4 Å². The minimum Gasteiger partial charge on any atom is -0.481 e. The lowest BCUT2D eigenvalue weighted by atomic mass is 10.00. The van der Waals surface area contributed by atoms with Crippen LogP contribution in [-0.2, 0) is 7.05 Å². The first-order valence-corrected chi connectivity index (χ1v) is 10.1. The van der Waals surface area contributed by atoms with Crippen molar-refractivity contribution in [3.8, 4) is 17.0 Å². The molecule has 0 aliphatic carbocycles. The molecule has 0 bridgehead atoms. The van der Waals surface area contributed by atoms with Crippen LogP contribution in [0.2, 0.25) is 0 Å². The Balaban J connectivity index is 1.70. The lowest BCUT2D eigenvalue weighted by Gasteiger charge is -2.37. The molecule has 0 saturated carbocycles. The van der Waals surface area contributed by atoms with Gasteiger partial charge in [-0.25, -0.2) is 18.6 Å². The molecule has 0 unspecified atom stereocenters. The van der Waals surface area contributed by atoms with E-state index in [9.17, 15) is 4.79 Å². The van der Waals surface area contributed by atoms with Crippen molar-refractivity contribution in [1.29, 1.82) is 0 Å². The normalized spacial score (nSPS) is 20.8. The number of methoxy groups -OCH3 is 1. The summed E-state index contributed by atoms with van der Waals surface area (Å²) in [6.07, 6.45) is 2.96.